The monoisotopic (exact) mass is 295 g/mol. The van der Waals surface area contributed by atoms with Crippen LogP contribution in [0.4, 0.5) is 0 Å². The maximum absolute atomic E-state index is 2.50. The Bertz CT molecular complexity index is 639. The van der Waals surface area contributed by atoms with E-state index < -0.39 is 0 Å². The molecule has 0 aromatic heterocycles. The molecule has 1 nitrogen and oxygen atoms in total. The number of rotatable bonds is 1. The molecule has 1 fully saturated rings. The Kier molecular flexibility index (Phi) is 3.31. The molecule has 2 atom stereocenters. The zero-order valence-corrected chi connectivity index (χ0v) is 13.3. The van der Waals surface area contributed by atoms with E-state index in [-0.39, 0.29) is 0 Å². The molecule has 1 spiro atoms. The summed E-state index contributed by atoms with van der Waals surface area (Å²) < 4.78 is 0.296. The SMILES string of the molecule is CN1CCCC2(C1)SC(c1ccccc1)c1ccccc12. The summed E-state index contributed by atoms with van der Waals surface area (Å²) in [6, 6.07) is 20.1. The molecule has 0 bridgehead atoms. The number of benzene rings is 2. The van der Waals surface area contributed by atoms with Crippen LogP contribution in [0.15, 0.2) is 54.6 Å². The molecule has 0 amide bonds. The Balaban J connectivity index is 1.80. The lowest BCUT2D eigenvalue weighted by molar-refractivity contribution is 0.234. The van der Waals surface area contributed by atoms with E-state index in [2.05, 4.69) is 78.3 Å². The van der Waals surface area contributed by atoms with E-state index in [9.17, 15) is 0 Å². The van der Waals surface area contributed by atoms with E-state index >= 15 is 0 Å². The molecule has 2 heteroatoms. The number of piperidine rings is 1. The fourth-order valence-electron chi connectivity index (χ4n) is 3.91. The maximum atomic E-state index is 2.50. The van der Waals surface area contributed by atoms with Crippen molar-refractivity contribution >= 4 is 11.8 Å². The van der Waals surface area contributed by atoms with Crippen LogP contribution in [0.5, 0.6) is 0 Å². The van der Waals surface area contributed by atoms with Gasteiger partial charge in [0, 0.05) is 6.54 Å². The van der Waals surface area contributed by atoms with Gasteiger partial charge in [0.25, 0.3) is 0 Å². The third-order valence-corrected chi connectivity index (χ3v) is 6.59. The fraction of sp³-hybridized carbons (Fsp3) is 0.368. The fourth-order valence-corrected chi connectivity index (χ4v) is 5.86. The maximum Gasteiger partial charge on any atom is 0.0559 e. The van der Waals surface area contributed by atoms with Crippen molar-refractivity contribution in [3.05, 3.63) is 71.3 Å². The van der Waals surface area contributed by atoms with E-state index in [1.54, 1.807) is 5.56 Å². The Morgan fingerprint density at radius 1 is 1.05 bits per heavy atom. The highest BCUT2D eigenvalue weighted by Crippen LogP contribution is 2.60. The minimum atomic E-state index is 0.296. The summed E-state index contributed by atoms with van der Waals surface area (Å²) in [7, 11) is 2.26. The van der Waals surface area contributed by atoms with E-state index in [4.69, 9.17) is 0 Å². The van der Waals surface area contributed by atoms with Gasteiger partial charge in [0.15, 0.2) is 0 Å². The molecule has 0 aliphatic carbocycles. The molecule has 2 aliphatic rings. The lowest BCUT2D eigenvalue weighted by atomic mass is 9.85. The van der Waals surface area contributed by atoms with E-state index in [1.807, 2.05) is 0 Å². The largest absolute Gasteiger partial charge is 0.305 e. The van der Waals surface area contributed by atoms with Crippen molar-refractivity contribution in [3.8, 4) is 0 Å². The van der Waals surface area contributed by atoms with Crippen LogP contribution in [-0.4, -0.2) is 25.0 Å². The summed E-state index contributed by atoms with van der Waals surface area (Å²) in [5.41, 5.74) is 4.56. The van der Waals surface area contributed by atoms with Crippen LogP contribution in [0.3, 0.4) is 0 Å². The first-order chi connectivity index (χ1) is 10.3. The molecule has 21 heavy (non-hydrogen) atoms. The van der Waals surface area contributed by atoms with Crippen molar-refractivity contribution in [3.63, 3.8) is 0 Å². The highest BCUT2D eigenvalue weighted by Gasteiger charge is 2.46. The van der Waals surface area contributed by atoms with Gasteiger partial charge in [-0.2, -0.15) is 0 Å². The lowest BCUT2D eigenvalue weighted by Crippen LogP contribution is -2.40. The Hall–Kier alpha value is -1.25. The molecular weight excluding hydrogens is 274 g/mol. The normalized spacial score (nSPS) is 28.7. The zero-order chi connectivity index (χ0) is 14.3. The summed E-state index contributed by atoms with van der Waals surface area (Å²) in [6.45, 7) is 2.42. The van der Waals surface area contributed by atoms with Crippen molar-refractivity contribution in [2.75, 3.05) is 20.1 Å². The van der Waals surface area contributed by atoms with Gasteiger partial charge in [0.1, 0.15) is 0 Å². The van der Waals surface area contributed by atoms with Crippen LogP contribution >= 0.6 is 11.8 Å². The van der Waals surface area contributed by atoms with Gasteiger partial charge in [-0.15, -0.1) is 11.8 Å². The van der Waals surface area contributed by atoms with Crippen molar-refractivity contribution in [2.45, 2.75) is 22.8 Å². The summed E-state index contributed by atoms with van der Waals surface area (Å²) in [5, 5.41) is 0.494. The zero-order valence-electron chi connectivity index (χ0n) is 12.5. The highest BCUT2D eigenvalue weighted by molar-refractivity contribution is 8.01. The molecule has 0 saturated carbocycles. The number of nitrogens with zero attached hydrogens (tertiary/aromatic N) is 1. The van der Waals surface area contributed by atoms with Crippen LogP contribution in [0.1, 0.15) is 34.8 Å². The third kappa shape index (κ3) is 2.21. The molecule has 4 rings (SSSR count). The lowest BCUT2D eigenvalue weighted by Gasteiger charge is -2.39. The second-order valence-corrected chi connectivity index (χ2v) is 7.82. The summed E-state index contributed by atoms with van der Waals surface area (Å²) in [4.78, 5) is 2.50. The summed E-state index contributed by atoms with van der Waals surface area (Å²) >= 11 is 2.18. The number of thioether (sulfide) groups is 1. The number of likely N-dealkylation sites (tertiary alicyclic amines) is 1. The molecule has 2 aromatic carbocycles. The Morgan fingerprint density at radius 2 is 1.81 bits per heavy atom. The average Bonchev–Trinajstić information content (AvgIpc) is 2.83. The van der Waals surface area contributed by atoms with Crippen LogP contribution < -0.4 is 0 Å². The van der Waals surface area contributed by atoms with Gasteiger partial charge >= 0.3 is 0 Å². The van der Waals surface area contributed by atoms with Gasteiger partial charge in [0.2, 0.25) is 0 Å². The van der Waals surface area contributed by atoms with Gasteiger partial charge in [-0.3, -0.25) is 0 Å². The van der Waals surface area contributed by atoms with Gasteiger partial charge in [-0.25, -0.2) is 0 Å². The minimum Gasteiger partial charge on any atom is -0.305 e. The predicted octanol–water partition coefficient (Wildman–Crippen LogP) is 4.44. The molecule has 2 heterocycles. The Labute approximate surface area is 131 Å². The second-order valence-electron chi connectivity index (χ2n) is 6.33. The van der Waals surface area contributed by atoms with Crippen molar-refractivity contribution in [1.29, 1.82) is 0 Å². The van der Waals surface area contributed by atoms with Crippen molar-refractivity contribution < 1.29 is 0 Å². The van der Waals surface area contributed by atoms with Crippen molar-refractivity contribution in [2.24, 2.45) is 0 Å². The first-order valence-corrected chi connectivity index (χ1v) is 8.67. The number of likely N-dealkylation sites (N-methyl/N-ethyl adjacent to an activating group) is 1. The van der Waals surface area contributed by atoms with Crippen LogP contribution in [-0.2, 0) is 4.75 Å². The second kappa shape index (κ2) is 5.19. The molecule has 2 unspecified atom stereocenters. The van der Waals surface area contributed by atoms with Gasteiger partial charge in [-0.1, -0.05) is 54.6 Å². The highest BCUT2D eigenvalue weighted by atomic mass is 32.2. The van der Waals surface area contributed by atoms with E-state index in [1.165, 1.54) is 37.1 Å². The smallest absolute Gasteiger partial charge is 0.0559 e. The average molecular weight is 295 g/mol. The molecular formula is C19H21NS. The quantitative estimate of drug-likeness (QED) is 0.765. The predicted molar refractivity (Wildman–Crippen MR) is 90.7 cm³/mol. The molecule has 0 N–H and O–H groups in total. The number of fused-ring (bicyclic) bond motifs is 2. The molecule has 2 aromatic rings. The Morgan fingerprint density at radius 3 is 2.62 bits per heavy atom. The van der Waals surface area contributed by atoms with Crippen LogP contribution in [0.25, 0.3) is 0 Å². The number of hydrogen-bond donors (Lipinski definition) is 0. The standard InChI is InChI=1S/C19H21NS/c1-20-13-7-12-19(14-20)17-11-6-5-10-16(17)18(21-19)15-8-3-2-4-9-15/h2-6,8-11,18H,7,12-14H2,1H3. The molecule has 0 radical (unpaired) electrons. The number of hydrogen-bond acceptors (Lipinski definition) is 2. The summed E-state index contributed by atoms with van der Waals surface area (Å²) in [6.07, 6.45) is 2.61. The first kappa shape index (κ1) is 13.4. The summed E-state index contributed by atoms with van der Waals surface area (Å²) in [5.74, 6) is 0. The first-order valence-electron chi connectivity index (χ1n) is 7.79. The van der Waals surface area contributed by atoms with E-state index in [0.29, 0.717) is 10.00 Å². The topological polar surface area (TPSA) is 3.24 Å². The molecule has 1 saturated heterocycles. The third-order valence-electron chi connectivity index (χ3n) is 4.83. The minimum absolute atomic E-state index is 0.296. The van der Waals surface area contributed by atoms with Gasteiger partial charge in [0.05, 0.1) is 10.00 Å². The van der Waals surface area contributed by atoms with Gasteiger partial charge in [-0.05, 0) is 43.1 Å². The molecule has 2 aliphatic heterocycles. The van der Waals surface area contributed by atoms with Crippen molar-refractivity contribution in [1.82, 2.24) is 4.90 Å². The van der Waals surface area contributed by atoms with E-state index in [0.717, 1.165) is 0 Å². The molecule has 108 valence electrons. The van der Waals surface area contributed by atoms with Gasteiger partial charge < -0.3 is 4.90 Å². The van der Waals surface area contributed by atoms with Crippen LogP contribution in [0.2, 0.25) is 0 Å². The van der Waals surface area contributed by atoms with Crippen LogP contribution in [0, 0.1) is 0 Å².